The van der Waals surface area contributed by atoms with E-state index in [0.29, 0.717) is 26.2 Å². The lowest BCUT2D eigenvalue weighted by molar-refractivity contribution is -0.298. The van der Waals surface area contributed by atoms with Gasteiger partial charge < -0.3 is 24.1 Å². The molecule has 1 heterocycles. The first-order chi connectivity index (χ1) is 18.6. The minimum absolute atomic E-state index is 0.285. The number of ether oxygens (including phenoxy) is 4. The Bertz CT molecular complexity index is 1100. The van der Waals surface area contributed by atoms with Crippen molar-refractivity contribution in [3.63, 3.8) is 0 Å². The highest BCUT2D eigenvalue weighted by Crippen LogP contribution is 2.39. The zero-order valence-electron chi connectivity index (χ0n) is 21.9. The van der Waals surface area contributed by atoms with Crippen LogP contribution in [0.1, 0.15) is 29.5 Å². The van der Waals surface area contributed by atoms with Crippen LogP contribution < -0.4 is 0 Å². The second-order valence-corrected chi connectivity index (χ2v) is 9.65. The van der Waals surface area contributed by atoms with Gasteiger partial charge in [0.2, 0.25) is 0 Å². The predicted octanol–water partition coefficient (Wildman–Crippen LogP) is 6.02. The highest BCUT2D eigenvalue weighted by molar-refractivity contribution is 5.16. The van der Waals surface area contributed by atoms with Crippen molar-refractivity contribution in [1.82, 2.24) is 0 Å². The molecule has 0 radical (unpaired) electrons. The number of hydrogen-bond acceptors (Lipinski definition) is 5. The Labute approximate surface area is 226 Å². The van der Waals surface area contributed by atoms with Crippen LogP contribution in [0, 0.1) is 0 Å². The maximum Gasteiger partial charge on any atom is 0.123 e. The van der Waals surface area contributed by atoms with Gasteiger partial charge in [0.25, 0.3) is 0 Å². The van der Waals surface area contributed by atoms with Gasteiger partial charge in [0.05, 0.1) is 32.5 Å². The minimum atomic E-state index is -1.36. The van der Waals surface area contributed by atoms with Gasteiger partial charge in [0, 0.05) is 0 Å². The SMILES string of the molecule is C=CC[C@H]1O[C@H](COCc2ccccc2)[C@@H](OCc2ccccc2)[C@H](OCc2ccccc2)[C@]1(O)CC=C. The van der Waals surface area contributed by atoms with E-state index in [1.54, 1.807) is 12.2 Å². The number of rotatable bonds is 14. The Kier molecular flexibility index (Phi) is 10.4. The van der Waals surface area contributed by atoms with Crippen LogP contribution in [0.4, 0.5) is 0 Å². The van der Waals surface area contributed by atoms with Crippen LogP contribution in [0.3, 0.4) is 0 Å². The van der Waals surface area contributed by atoms with E-state index in [-0.39, 0.29) is 13.0 Å². The van der Waals surface area contributed by atoms with Crippen LogP contribution in [-0.4, -0.2) is 41.7 Å². The lowest BCUT2D eigenvalue weighted by atomic mass is 9.78. The summed E-state index contributed by atoms with van der Waals surface area (Å²) in [5, 5.41) is 12.1. The van der Waals surface area contributed by atoms with Crippen LogP contribution >= 0.6 is 0 Å². The van der Waals surface area contributed by atoms with E-state index < -0.39 is 30.0 Å². The fourth-order valence-electron chi connectivity index (χ4n) is 4.92. The molecule has 3 aromatic rings. The lowest BCUT2D eigenvalue weighted by Crippen LogP contribution is -2.67. The summed E-state index contributed by atoms with van der Waals surface area (Å²) in [5.41, 5.74) is 1.76. The third kappa shape index (κ3) is 7.28. The summed E-state index contributed by atoms with van der Waals surface area (Å²) in [4.78, 5) is 0. The van der Waals surface area contributed by atoms with E-state index in [9.17, 15) is 5.11 Å². The van der Waals surface area contributed by atoms with Crippen LogP contribution in [-0.2, 0) is 38.8 Å². The van der Waals surface area contributed by atoms with Crippen molar-refractivity contribution in [3.8, 4) is 0 Å². The smallest absolute Gasteiger partial charge is 0.123 e. The number of aliphatic hydroxyl groups is 1. The first-order valence-electron chi connectivity index (χ1n) is 13.2. The molecule has 1 aliphatic rings. The molecule has 1 N–H and O–H groups in total. The Morgan fingerprint density at radius 1 is 0.737 bits per heavy atom. The van der Waals surface area contributed by atoms with Crippen molar-refractivity contribution in [1.29, 1.82) is 0 Å². The van der Waals surface area contributed by atoms with Gasteiger partial charge >= 0.3 is 0 Å². The summed E-state index contributed by atoms with van der Waals surface area (Å²) >= 11 is 0. The zero-order valence-corrected chi connectivity index (χ0v) is 21.9. The van der Waals surface area contributed by atoms with Crippen molar-refractivity contribution in [2.24, 2.45) is 0 Å². The van der Waals surface area contributed by atoms with Crippen molar-refractivity contribution in [2.75, 3.05) is 6.61 Å². The Hall–Kier alpha value is -3.06. The highest BCUT2D eigenvalue weighted by atomic mass is 16.6. The molecule has 0 aromatic heterocycles. The van der Waals surface area contributed by atoms with Gasteiger partial charge in [-0.2, -0.15) is 0 Å². The molecule has 5 heteroatoms. The summed E-state index contributed by atoms with van der Waals surface area (Å²) in [6.07, 6.45) is 1.93. The molecule has 5 nitrogen and oxygen atoms in total. The van der Waals surface area contributed by atoms with Crippen molar-refractivity contribution in [3.05, 3.63) is 133 Å². The normalized spacial score (nSPS) is 25.1. The van der Waals surface area contributed by atoms with E-state index >= 15 is 0 Å². The molecule has 1 aliphatic heterocycles. The lowest BCUT2D eigenvalue weighted by Gasteiger charge is -2.51. The molecule has 5 atom stereocenters. The van der Waals surface area contributed by atoms with Gasteiger partial charge in [-0.3, -0.25) is 0 Å². The quantitative estimate of drug-likeness (QED) is 0.267. The molecule has 38 heavy (non-hydrogen) atoms. The van der Waals surface area contributed by atoms with E-state index in [1.165, 1.54) is 0 Å². The molecular formula is C33H38O5. The van der Waals surface area contributed by atoms with Crippen LogP contribution in [0.5, 0.6) is 0 Å². The topological polar surface area (TPSA) is 57.2 Å². The monoisotopic (exact) mass is 514 g/mol. The Morgan fingerprint density at radius 3 is 1.79 bits per heavy atom. The summed E-state index contributed by atoms with van der Waals surface area (Å²) in [5.74, 6) is 0. The van der Waals surface area contributed by atoms with Crippen molar-refractivity contribution < 1.29 is 24.1 Å². The first kappa shape index (κ1) is 28.0. The molecule has 0 bridgehead atoms. The molecule has 0 aliphatic carbocycles. The zero-order chi connectivity index (χ0) is 26.6. The van der Waals surface area contributed by atoms with E-state index in [2.05, 4.69) is 13.2 Å². The first-order valence-corrected chi connectivity index (χ1v) is 13.2. The molecule has 200 valence electrons. The number of hydrogen-bond donors (Lipinski definition) is 1. The summed E-state index contributed by atoms with van der Waals surface area (Å²) < 4.78 is 25.7. The average Bonchev–Trinajstić information content (AvgIpc) is 2.95. The van der Waals surface area contributed by atoms with Crippen LogP contribution in [0.25, 0.3) is 0 Å². The third-order valence-electron chi connectivity index (χ3n) is 6.86. The molecule has 0 saturated carbocycles. The maximum absolute atomic E-state index is 12.1. The average molecular weight is 515 g/mol. The summed E-state index contributed by atoms with van der Waals surface area (Å²) in [7, 11) is 0. The van der Waals surface area contributed by atoms with Gasteiger partial charge in [0.15, 0.2) is 0 Å². The van der Waals surface area contributed by atoms with Gasteiger partial charge in [-0.15, -0.1) is 13.2 Å². The van der Waals surface area contributed by atoms with Gasteiger partial charge in [-0.05, 0) is 29.5 Å². The van der Waals surface area contributed by atoms with Gasteiger partial charge in [-0.1, -0.05) is 103 Å². The molecule has 0 spiro atoms. The second-order valence-electron chi connectivity index (χ2n) is 9.65. The molecule has 1 saturated heterocycles. The summed E-state index contributed by atoms with van der Waals surface area (Å²) in [6, 6.07) is 29.9. The van der Waals surface area contributed by atoms with Crippen molar-refractivity contribution >= 4 is 0 Å². The molecule has 4 rings (SSSR count). The Morgan fingerprint density at radius 2 is 1.26 bits per heavy atom. The Balaban J connectivity index is 1.61. The minimum Gasteiger partial charge on any atom is -0.384 e. The molecule has 3 aromatic carbocycles. The molecule has 0 amide bonds. The van der Waals surface area contributed by atoms with Crippen LogP contribution in [0.15, 0.2) is 116 Å². The fourth-order valence-corrected chi connectivity index (χ4v) is 4.92. The summed E-state index contributed by atoms with van der Waals surface area (Å²) in [6.45, 7) is 9.23. The number of benzene rings is 3. The van der Waals surface area contributed by atoms with Gasteiger partial charge in [-0.25, -0.2) is 0 Å². The standard InChI is InChI=1S/C33H38O5/c1-3-14-30-33(34,21-4-2)32(37-24-28-19-12-7-13-20-28)31(36-23-27-17-10-6-11-18-27)29(38-30)25-35-22-26-15-8-5-9-16-26/h3-13,15-20,29-32,34H,1-2,14,21-25H2/t29-,30-,31-,32+,33+/m1/s1. The van der Waals surface area contributed by atoms with E-state index in [4.69, 9.17) is 18.9 Å². The molecule has 1 fully saturated rings. The second kappa shape index (κ2) is 14.2. The molecular weight excluding hydrogens is 476 g/mol. The van der Waals surface area contributed by atoms with Gasteiger partial charge in [0.1, 0.15) is 23.9 Å². The fraction of sp³-hybridized carbons (Fsp3) is 0.333. The van der Waals surface area contributed by atoms with E-state index in [0.717, 1.165) is 16.7 Å². The van der Waals surface area contributed by atoms with Crippen LogP contribution in [0.2, 0.25) is 0 Å². The highest BCUT2D eigenvalue weighted by Gasteiger charge is 2.55. The molecule has 0 unspecified atom stereocenters. The largest absolute Gasteiger partial charge is 0.384 e. The predicted molar refractivity (Wildman–Crippen MR) is 149 cm³/mol. The maximum atomic E-state index is 12.1. The van der Waals surface area contributed by atoms with E-state index in [1.807, 2.05) is 91.0 Å². The van der Waals surface area contributed by atoms with Crippen molar-refractivity contribution in [2.45, 2.75) is 62.7 Å². The third-order valence-corrected chi connectivity index (χ3v) is 6.86.